The lowest BCUT2D eigenvalue weighted by Gasteiger charge is -2.08. The molecule has 0 aliphatic carbocycles. The first-order valence-electron chi connectivity index (χ1n) is 4.41. The summed E-state index contributed by atoms with van der Waals surface area (Å²) in [6, 6.07) is 2.97. The molecule has 0 aliphatic rings. The number of carbonyl (C=O) groups excluding carboxylic acids is 1. The summed E-state index contributed by atoms with van der Waals surface area (Å²) in [5, 5.41) is 8.74. The van der Waals surface area contributed by atoms with Gasteiger partial charge in [0.1, 0.15) is 17.4 Å². The van der Waals surface area contributed by atoms with Gasteiger partial charge in [-0.2, -0.15) is 0 Å². The molecule has 1 N–H and O–H groups in total. The lowest BCUT2D eigenvalue weighted by atomic mass is 10.2. The zero-order valence-corrected chi connectivity index (χ0v) is 10.0. The Morgan fingerprint density at radius 1 is 1.38 bits per heavy atom. The van der Waals surface area contributed by atoms with Crippen molar-refractivity contribution in [2.24, 2.45) is 0 Å². The van der Waals surface area contributed by atoms with Crippen molar-refractivity contribution in [3.8, 4) is 5.75 Å². The summed E-state index contributed by atoms with van der Waals surface area (Å²) in [5.74, 6) is -0.256. The number of halogens is 2. The third-order valence-electron chi connectivity index (χ3n) is 1.81. The van der Waals surface area contributed by atoms with Gasteiger partial charge in [0.05, 0.1) is 24.3 Å². The lowest BCUT2D eigenvalue weighted by Crippen LogP contribution is -2.09. The molecule has 0 aromatic heterocycles. The van der Waals surface area contributed by atoms with Crippen LogP contribution in [0.25, 0.3) is 0 Å². The van der Waals surface area contributed by atoms with E-state index in [0.29, 0.717) is 5.75 Å². The predicted octanol–water partition coefficient (Wildman–Crippen LogP) is 2.15. The van der Waals surface area contributed by atoms with E-state index in [0.717, 1.165) is 0 Å². The molecule has 1 rings (SSSR count). The van der Waals surface area contributed by atoms with Gasteiger partial charge >= 0.3 is 5.97 Å². The Morgan fingerprint density at radius 3 is 2.62 bits per heavy atom. The van der Waals surface area contributed by atoms with Gasteiger partial charge in [-0.1, -0.05) is 23.2 Å². The van der Waals surface area contributed by atoms with Crippen LogP contribution in [0.4, 0.5) is 0 Å². The first-order valence-corrected chi connectivity index (χ1v) is 5.17. The zero-order chi connectivity index (χ0) is 12.1. The molecule has 16 heavy (non-hydrogen) atoms. The van der Waals surface area contributed by atoms with Crippen molar-refractivity contribution in [2.75, 3.05) is 20.3 Å². The second-order valence-electron chi connectivity index (χ2n) is 2.80. The number of aliphatic hydroxyl groups excluding tert-OH is 1. The number of benzene rings is 1. The van der Waals surface area contributed by atoms with Crippen LogP contribution in [0.1, 0.15) is 10.4 Å². The average molecular weight is 265 g/mol. The van der Waals surface area contributed by atoms with E-state index in [-0.39, 0.29) is 28.8 Å². The standard InChI is InChI=1S/C10H10Cl2O4/c1-15-7-3-2-6(8(11)9(7)12)10(14)16-5-4-13/h2-3,13H,4-5H2,1H3. The molecule has 0 atom stereocenters. The Hall–Kier alpha value is -0.970. The molecule has 6 heteroatoms. The van der Waals surface area contributed by atoms with Gasteiger partial charge in [-0.15, -0.1) is 0 Å². The van der Waals surface area contributed by atoms with Crippen molar-refractivity contribution < 1.29 is 19.4 Å². The number of carbonyl (C=O) groups is 1. The van der Waals surface area contributed by atoms with E-state index in [1.807, 2.05) is 0 Å². The van der Waals surface area contributed by atoms with Crippen LogP contribution in [-0.2, 0) is 4.74 Å². The fourth-order valence-corrected chi connectivity index (χ4v) is 1.54. The Labute approximate surface area is 103 Å². The van der Waals surface area contributed by atoms with Crippen LogP contribution < -0.4 is 4.74 Å². The molecule has 88 valence electrons. The molecule has 0 saturated heterocycles. The third kappa shape index (κ3) is 2.78. The molecular weight excluding hydrogens is 255 g/mol. The van der Waals surface area contributed by atoms with Gasteiger partial charge in [-0.05, 0) is 12.1 Å². The fraction of sp³-hybridized carbons (Fsp3) is 0.300. The number of esters is 1. The van der Waals surface area contributed by atoms with Crippen molar-refractivity contribution in [2.45, 2.75) is 0 Å². The van der Waals surface area contributed by atoms with E-state index >= 15 is 0 Å². The molecule has 0 radical (unpaired) electrons. The third-order valence-corrected chi connectivity index (χ3v) is 2.68. The zero-order valence-electron chi connectivity index (χ0n) is 8.50. The maximum Gasteiger partial charge on any atom is 0.339 e. The molecule has 0 bridgehead atoms. The van der Waals surface area contributed by atoms with E-state index in [9.17, 15) is 4.79 Å². The van der Waals surface area contributed by atoms with Crippen LogP contribution in [0.3, 0.4) is 0 Å². The maximum absolute atomic E-state index is 11.5. The molecular formula is C10H10Cl2O4. The molecule has 0 saturated carbocycles. The minimum Gasteiger partial charge on any atom is -0.495 e. The highest BCUT2D eigenvalue weighted by atomic mass is 35.5. The minimum atomic E-state index is -0.636. The van der Waals surface area contributed by atoms with Crippen molar-refractivity contribution in [3.63, 3.8) is 0 Å². The average Bonchev–Trinajstić information content (AvgIpc) is 2.29. The van der Waals surface area contributed by atoms with Gasteiger partial charge < -0.3 is 14.6 Å². The number of ether oxygens (including phenoxy) is 2. The van der Waals surface area contributed by atoms with Crippen molar-refractivity contribution >= 4 is 29.2 Å². The van der Waals surface area contributed by atoms with Crippen molar-refractivity contribution in [1.82, 2.24) is 0 Å². The van der Waals surface area contributed by atoms with Gasteiger partial charge in [-0.3, -0.25) is 0 Å². The van der Waals surface area contributed by atoms with Crippen LogP contribution in [0.5, 0.6) is 5.75 Å². The summed E-state index contributed by atoms with van der Waals surface area (Å²) in [7, 11) is 1.45. The Morgan fingerprint density at radius 2 is 2.06 bits per heavy atom. The normalized spacial score (nSPS) is 10.0. The van der Waals surface area contributed by atoms with Crippen LogP contribution in [0.2, 0.25) is 10.0 Å². The largest absolute Gasteiger partial charge is 0.495 e. The number of aliphatic hydroxyl groups is 1. The molecule has 0 fully saturated rings. The summed E-state index contributed by atoms with van der Waals surface area (Å²) >= 11 is 11.7. The maximum atomic E-state index is 11.5. The van der Waals surface area contributed by atoms with Gasteiger partial charge in [0.2, 0.25) is 0 Å². The second kappa shape index (κ2) is 5.94. The number of methoxy groups -OCH3 is 1. The van der Waals surface area contributed by atoms with Crippen molar-refractivity contribution in [3.05, 3.63) is 27.7 Å². The van der Waals surface area contributed by atoms with E-state index in [1.165, 1.54) is 19.2 Å². The van der Waals surface area contributed by atoms with Crippen LogP contribution in [0.15, 0.2) is 12.1 Å². The molecule has 1 aromatic rings. The highest BCUT2D eigenvalue weighted by Gasteiger charge is 2.17. The monoisotopic (exact) mass is 264 g/mol. The molecule has 1 aromatic carbocycles. The Bertz CT molecular complexity index is 393. The van der Waals surface area contributed by atoms with E-state index in [1.54, 1.807) is 0 Å². The van der Waals surface area contributed by atoms with Crippen LogP contribution in [-0.4, -0.2) is 31.4 Å². The quantitative estimate of drug-likeness (QED) is 0.847. The van der Waals surface area contributed by atoms with Gasteiger partial charge in [0.25, 0.3) is 0 Å². The van der Waals surface area contributed by atoms with Crippen LogP contribution >= 0.6 is 23.2 Å². The second-order valence-corrected chi connectivity index (χ2v) is 3.56. The summed E-state index contributed by atoms with van der Waals surface area (Å²) in [4.78, 5) is 11.5. The molecule has 0 spiro atoms. The lowest BCUT2D eigenvalue weighted by molar-refractivity contribution is 0.0434. The smallest absolute Gasteiger partial charge is 0.339 e. The van der Waals surface area contributed by atoms with E-state index < -0.39 is 5.97 Å². The van der Waals surface area contributed by atoms with Crippen LogP contribution in [0, 0.1) is 0 Å². The molecule has 0 aliphatic heterocycles. The number of rotatable bonds is 4. The molecule has 0 amide bonds. The van der Waals surface area contributed by atoms with Gasteiger partial charge in [-0.25, -0.2) is 4.79 Å². The summed E-state index contributed by atoms with van der Waals surface area (Å²) in [5.41, 5.74) is 0.140. The fourth-order valence-electron chi connectivity index (χ4n) is 1.06. The first-order chi connectivity index (χ1) is 7.61. The Kier molecular flexibility index (Phi) is 4.86. The SMILES string of the molecule is COc1ccc(C(=O)OCCO)c(Cl)c1Cl. The number of hydrogen-bond donors (Lipinski definition) is 1. The topological polar surface area (TPSA) is 55.8 Å². The molecule has 4 nitrogen and oxygen atoms in total. The minimum absolute atomic E-state index is 0.0731. The Balaban J connectivity index is 2.98. The summed E-state index contributed by atoms with van der Waals surface area (Å²) in [6.45, 7) is -0.327. The van der Waals surface area contributed by atoms with Gasteiger partial charge in [0, 0.05) is 0 Å². The summed E-state index contributed by atoms with van der Waals surface area (Å²) in [6.07, 6.45) is 0. The molecule has 0 unspecified atom stereocenters. The summed E-state index contributed by atoms with van der Waals surface area (Å²) < 4.78 is 9.65. The highest BCUT2D eigenvalue weighted by molar-refractivity contribution is 6.44. The first kappa shape index (κ1) is 13.1. The number of hydrogen-bond acceptors (Lipinski definition) is 4. The highest BCUT2D eigenvalue weighted by Crippen LogP contribution is 2.34. The molecule has 0 heterocycles. The predicted molar refractivity (Wildman–Crippen MR) is 60.4 cm³/mol. The van der Waals surface area contributed by atoms with E-state index in [2.05, 4.69) is 0 Å². The van der Waals surface area contributed by atoms with Gasteiger partial charge in [0.15, 0.2) is 0 Å². The van der Waals surface area contributed by atoms with E-state index in [4.69, 9.17) is 37.8 Å². The van der Waals surface area contributed by atoms with Crippen molar-refractivity contribution in [1.29, 1.82) is 0 Å².